The normalized spacial score (nSPS) is 11.5. The van der Waals surface area contributed by atoms with E-state index >= 15 is 0 Å². The fourth-order valence-electron chi connectivity index (χ4n) is 1.81. The highest BCUT2D eigenvalue weighted by atomic mass is 16.5. The Morgan fingerprint density at radius 3 is 2.31 bits per heavy atom. The van der Waals surface area contributed by atoms with Crippen LogP contribution in [0.3, 0.4) is 0 Å². The molecule has 0 heterocycles. The van der Waals surface area contributed by atoms with Gasteiger partial charge in [-0.25, -0.2) is 0 Å². The minimum Gasteiger partial charge on any atom is -0.494 e. The van der Waals surface area contributed by atoms with Crippen molar-refractivity contribution in [3.05, 3.63) is 29.8 Å². The molecule has 0 radical (unpaired) electrons. The van der Waals surface area contributed by atoms with Crippen LogP contribution in [0.2, 0.25) is 0 Å². The number of hydrogen-bond donors (Lipinski definition) is 1. The lowest BCUT2D eigenvalue weighted by Gasteiger charge is -2.23. The summed E-state index contributed by atoms with van der Waals surface area (Å²) in [7, 11) is 0. The van der Waals surface area contributed by atoms with Crippen molar-refractivity contribution >= 4 is 0 Å². The van der Waals surface area contributed by atoms with E-state index in [0.29, 0.717) is 6.61 Å². The smallest absolute Gasteiger partial charge is 0.119 e. The highest BCUT2D eigenvalue weighted by Gasteiger charge is 2.17. The molecule has 0 aromatic heterocycles. The van der Waals surface area contributed by atoms with Crippen LogP contribution >= 0.6 is 0 Å². The van der Waals surface area contributed by atoms with Crippen molar-refractivity contribution in [3.8, 4) is 5.75 Å². The first kappa shape index (κ1) is 13.0. The van der Waals surface area contributed by atoms with E-state index in [1.807, 2.05) is 19.1 Å². The van der Waals surface area contributed by atoms with Gasteiger partial charge in [0.2, 0.25) is 0 Å². The molecular formula is C14H22O2. The van der Waals surface area contributed by atoms with Crippen molar-refractivity contribution in [3.63, 3.8) is 0 Å². The molecule has 1 rings (SSSR count). The van der Waals surface area contributed by atoms with E-state index in [0.717, 1.165) is 18.6 Å². The summed E-state index contributed by atoms with van der Waals surface area (Å²) in [5.41, 5.74) is 1.45. The molecule has 0 aliphatic heterocycles. The maximum absolute atomic E-state index is 8.97. The minimum atomic E-state index is 0.155. The lowest BCUT2D eigenvalue weighted by Crippen LogP contribution is -2.16. The third kappa shape index (κ3) is 4.23. The van der Waals surface area contributed by atoms with Gasteiger partial charge < -0.3 is 9.84 Å². The summed E-state index contributed by atoms with van der Waals surface area (Å²) >= 11 is 0. The first-order chi connectivity index (χ1) is 7.57. The van der Waals surface area contributed by atoms with E-state index in [1.165, 1.54) is 5.56 Å². The molecule has 2 nitrogen and oxygen atoms in total. The Balaban J connectivity index is 2.61. The number of ether oxygens (including phenoxy) is 1. The first-order valence-electron chi connectivity index (χ1n) is 5.90. The van der Waals surface area contributed by atoms with Gasteiger partial charge in [-0.3, -0.25) is 0 Å². The Labute approximate surface area is 98.3 Å². The molecule has 0 spiro atoms. The van der Waals surface area contributed by atoms with Crippen LogP contribution < -0.4 is 4.74 Å². The summed E-state index contributed by atoms with van der Waals surface area (Å²) < 4.78 is 5.40. The van der Waals surface area contributed by atoms with Crippen LogP contribution in [0.15, 0.2) is 24.3 Å². The van der Waals surface area contributed by atoms with Crippen LogP contribution in [-0.2, 0) is 6.42 Å². The summed E-state index contributed by atoms with van der Waals surface area (Å²) in [5, 5.41) is 8.97. The van der Waals surface area contributed by atoms with Gasteiger partial charge in [-0.05, 0) is 42.9 Å². The Morgan fingerprint density at radius 2 is 1.81 bits per heavy atom. The van der Waals surface area contributed by atoms with Crippen LogP contribution in [0.4, 0.5) is 0 Å². The Bertz CT molecular complexity index is 301. The summed E-state index contributed by atoms with van der Waals surface area (Å²) in [4.78, 5) is 0. The minimum absolute atomic E-state index is 0.155. The zero-order valence-electron chi connectivity index (χ0n) is 10.5. The molecule has 2 heteroatoms. The number of rotatable bonds is 6. The molecule has 16 heavy (non-hydrogen) atoms. The molecule has 0 amide bonds. The van der Waals surface area contributed by atoms with Crippen LogP contribution in [0, 0.1) is 5.41 Å². The molecule has 1 aromatic carbocycles. The maximum Gasteiger partial charge on any atom is 0.119 e. The number of hydrogen-bond acceptors (Lipinski definition) is 2. The largest absolute Gasteiger partial charge is 0.494 e. The standard InChI is InChI=1S/C14H22O2/c1-4-16-13-7-5-12(6-8-13)11-14(2,3)9-10-15/h5-8,15H,4,9-11H2,1-3H3. The molecule has 1 N–H and O–H groups in total. The lowest BCUT2D eigenvalue weighted by atomic mass is 9.83. The van der Waals surface area contributed by atoms with E-state index in [-0.39, 0.29) is 12.0 Å². The van der Waals surface area contributed by atoms with Gasteiger partial charge in [0.1, 0.15) is 5.75 Å². The topological polar surface area (TPSA) is 29.5 Å². The van der Waals surface area contributed by atoms with Crippen LogP contribution in [-0.4, -0.2) is 18.3 Å². The molecule has 0 aliphatic rings. The van der Waals surface area contributed by atoms with Gasteiger partial charge in [0.15, 0.2) is 0 Å². The van der Waals surface area contributed by atoms with Crippen molar-refractivity contribution in [1.29, 1.82) is 0 Å². The van der Waals surface area contributed by atoms with Crippen molar-refractivity contribution in [2.75, 3.05) is 13.2 Å². The van der Waals surface area contributed by atoms with Crippen molar-refractivity contribution in [2.24, 2.45) is 5.41 Å². The predicted molar refractivity (Wildman–Crippen MR) is 66.8 cm³/mol. The number of aliphatic hydroxyl groups excluding tert-OH is 1. The fourth-order valence-corrected chi connectivity index (χ4v) is 1.81. The van der Waals surface area contributed by atoms with Crippen LogP contribution in [0.1, 0.15) is 32.8 Å². The van der Waals surface area contributed by atoms with E-state index in [4.69, 9.17) is 9.84 Å². The van der Waals surface area contributed by atoms with Gasteiger partial charge >= 0.3 is 0 Å². The second kappa shape index (κ2) is 5.90. The van der Waals surface area contributed by atoms with E-state index in [2.05, 4.69) is 26.0 Å². The molecule has 0 aliphatic carbocycles. The molecule has 0 saturated carbocycles. The summed E-state index contributed by atoms with van der Waals surface area (Å²) in [6, 6.07) is 8.22. The maximum atomic E-state index is 8.97. The quantitative estimate of drug-likeness (QED) is 0.801. The molecule has 90 valence electrons. The predicted octanol–water partition coefficient (Wildman–Crippen LogP) is 3.04. The average molecular weight is 222 g/mol. The SMILES string of the molecule is CCOc1ccc(CC(C)(C)CCO)cc1. The zero-order valence-corrected chi connectivity index (χ0v) is 10.5. The van der Waals surface area contributed by atoms with Crippen molar-refractivity contribution < 1.29 is 9.84 Å². The van der Waals surface area contributed by atoms with Crippen LogP contribution in [0.5, 0.6) is 5.75 Å². The van der Waals surface area contributed by atoms with Crippen molar-refractivity contribution in [1.82, 2.24) is 0 Å². The molecule has 0 fully saturated rings. The Morgan fingerprint density at radius 1 is 1.19 bits per heavy atom. The summed E-state index contributed by atoms with van der Waals surface area (Å²) in [6.07, 6.45) is 1.82. The fraction of sp³-hybridized carbons (Fsp3) is 0.571. The first-order valence-corrected chi connectivity index (χ1v) is 5.90. The highest BCUT2D eigenvalue weighted by molar-refractivity contribution is 5.27. The molecule has 0 saturated heterocycles. The average Bonchev–Trinajstić information content (AvgIpc) is 2.21. The van der Waals surface area contributed by atoms with Crippen LogP contribution in [0.25, 0.3) is 0 Å². The summed E-state index contributed by atoms with van der Waals surface area (Å²) in [6.45, 7) is 7.30. The monoisotopic (exact) mass is 222 g/mol. The molecule has 0 unspecified atom stereocenters. The number of benzene rings is 1. The zero-order chi connectivity index (χ0) is 12.0. The third-order valence-corrected chi connectivity index (χ3v) is 2.71. The van der Waals surface area contributed by atoms with Gasteiger partial charge in [-0.15, -0.1) is 0 Å². The summed E-state index contributed by atoms with van der Waals surface area (Å²) in [5.74, 6) is 0.922. The van der Waals surface area contributed by atoms with Gasteiger partial charge in [0.25, 0.3) is 0 Å². The molecule has 1 aromatic rings. The van der Waals surface area contributed by atoms with Crippen molar-refractivity contribution in [2.45, 2.75) is 33.6 Å². The second-order valence-electron chi connectivity index (χ2n) is 4.89. The molecule has 0 atom stereocenters. The second-order valence-corrected chi connectivity index (χ2v) is 4.89. The van der Waals surface area contributed by atoms with Gasteiger partial charge in [0, 0.05) is 6.61 Å². The third-order valence-electron chi connectivity index (χ3n) is 2.71. The number of aliphatic hydroxyl groups is 1. The Hall–Kier alpha value is -1.02. The molecule has 0 bridgehead atoms. The van der Waals surface area contributed by atoms with E-state index < -0.39 is 0 Å². The van der Waals surface area contributed by atoms with E-state index in [9.17, 15) is 0 Å². The van der Waals surface area contributed by atoms with Gasteiger partial charge in [-0.2, -0.15) is 0 Å². The lowest BCUT2D eigenvalue weighted by molar-refractivity contribution is 0.211. The highest BCUT2D eigenvalue weighted by Crippen LogP contribution is 2.26. The molecular weight excluding hydrogens is 200 g/mol. The van der Waals surface area contributed by atoms with Gasteiger partial charge in [0.05, 0.1) is 6.61 Å². The Kier molecular flexibility index (Phi) is 4.81. The van der Waals surface area contributed by atoms with E-state index in [1.54, 1.807) is 0 Å². The van der Waals surface area contributed by atoms with Gasteiger partial charge in [-0.1, -0.05) is 26.0 Å².